The lowest BCUT2D eigenvalue weighted by Gasteiger charge is -2.11. The average molecular weight is 223 g/mol. The molecule has 1 aliphatic heterocycles. The molecule has 0 fully saturated rings. The highest BCUT2D eigenvalue weighted by Crippen LogP contribution is 2.28. The molecule has 88 valence electrons. The molecule has 0 aromatic heterocycles. The van der Waals surface area contributed by atoms with Gasteiger partial charge in [-0.25, -0.2) is 4.39 Å². The van der Waals surface area contributed by atoms with Crippen LogP contribution >= 0.6 is 0 Å². The summed E-state index contributed by atoms with van der Waals surface area (Å²) in [6.07, 6.45) is 3.36. The van der Waals surface area contributed by atoms with Crippen molar-refractivity contribution < 1.29 is 9.13 Å². The zero-order valence-electron chi connectivity index (χ0n) is 9.63. The first kappa shape index (κ1) is 11.4. The fourth-order valence-corrected chi connectivity index (χ4v) is 1.97. The monoisotopic (exact) mass is 223 g/mol. The van der Waals surface area contributed by atoms with E-state index >= 15 is 0 Å². The van der Waals surface area contributed by atoms with E-state index in [4.69, 9.17) is 4.74 Å². The molecule has 1 aromatic rings. The molecule has 0 bridgehead atoms. The molecule has 0 saturated heterocycles. The van der Waals surface area contributed by atoms with Gasteiger partial charge in [-0.2, -0.15) is 0 Å². The van der Waals surface area contributed by atoms with Gasteiger partial charge >= 0.3 is 0 Å². The Kier molecular flexibility index (Phi) is 3.78. The van der Waals surface area contributed by atoms with Crippen molar-refractivity contribution in [1.29, 1.82) is 0 Å². The van der Waals surface area contributed by atoms with Crippen LogP contribution in [0.1, 0.15) is 25.3 Å². The van der Waals surface area contributed by atoms with Crippen LogP contribution in [0, 0.1) is 5.82 Å². The van der Waals surface area contributed by atoms with Gasteiger partial charge in [-0.1, -0.05) is 13.3 Å². The van der Waals surface area contributed by atoms with Crippen LogP contribution < -0.4 is 10.1 Å². The lowest BCUT2D eigenvalue weighted by molar-refractivity contribution is 0.227. The fraction of sp³-hybridized carbons (Fsp3) is 0.538. The third-order valence-corrected chi connectivity index (χ3v) is 2.84. The Balaban J connectivity index is 1.81. The topological polar surface area (TPSA) is 21.3 Å². The van der Waals surface area contributed by atoms with Crippen molar-refractivity contribution in [2.75, 3.05) is 13.1 Å². The van der Waals surface area contributed by atoms with Gasteiger partial charge < -0.3 is 10.1 Å². The molecule has 0 aliphatic carbocycles. The summed E-state index contributed by atoms with van der Waals surface area (Å²) in [5.41, 5.74) is 0.988. The third kappa shape index (κ3) is 2.73. The minimum absolute atomic E-state index is 0.161. The summed E-state index contributed by atoms with van der Waals surface area (Å²) in [6, 6.07) is 4.74. The van der Waals surface area contributed by atoms with E-state index in [1.165, 1.54) is 18.9 Å². The van der Waals surface area contributed by atoms with Gasteiger partial charge in [0, 0.05) is 18.5 Å². The average Bonchev–Trinajstić information content (AvgIpc) is 2.66. The van der Waals surface area contributed by atoms with Crippen LogP contribution in [0.5, 0.6) is 5.75 Å². The number of fused-ring (bicyclic) bond motifs is 1. The SMILES string of the molecule is CCCCNCC1Cc2cc(F)ccc2O1. The number of rotatable bonds is 5. The van der Waals surface area contributed by atoms with E-state index in [0.29, 0.717) is 0 Å². The molecule has 0 spiro atoms. The van der Waals surface area contributed by atoms with Crippen LogP contribution in [0.3, 0.4) is 0 Å². The maximum absolute atomic E-state index is 13.0. The number of halogens is 1. The normalized spacial score (nSPS) is 18.2. The fourth-order valence-electron chi connectivity index (χ4n) is 1.97. The highest BCUT2D eigenvalue weighted by Gasteiger charge is 2.22. The number of ether oxygens (including phenoxy) is 1. The van der Waals surface area contributed by atoms with E-state index < -0.39 is 0 Å². The molecule has 16 heavy (non-hydrogen) atoms. The second kappa shape index (κ2) is 5.30. The quantitative estimate of drug-likeness (QED) is 0.774. The molecule has 1 atom stereocenters. The summed E-state index contributed by atoms with van der Waals surface area (Å²) in [6.45, 7) is 4.05. The highest BCUT2D eigenvalue weighted by atomic mass is 19.1. The van der Waals surface area contributed by atoms with E-state index in [1.54, 1.807) is 12.1 Å². The first-order valence-corrected chi connectivity index (χ1v) is 5.95. The van der Waals surface area contributed by atoms with Crippen molar-refractivity contribution >= 4 is 0 Å². The Morgan fingerprint density at radius 1 is 1.50 bits per heavy atom. The smallest absolute Gasteiger partial charge is 0.123 e. The molecule has 0 radical (unpaired) electrons. The van der Waals surface area contributed by atoms with Crippen molar-refractivity contribution in [3.8, 4) is 5.75 Å². The maximum Gasteiger partial charge on any atom is 0.123 e. The predicted octanol–water partition coefficient (Wildman–Crippen LogP) is 2.52. The Morgan fingerprint density at radius 2 is 2.38 bits per heavy atom. The zero-order valence-corrected chi connectivity index (χ0v) is 9.63. The number of hydrogen-bond acceptors (Lipinski definition) is 2. The predicted molar refractivity (Wildman–Crippen MR) is 62.3 cm³/mol. The molecule has 1 N–H and O–H groups in total. The zero-order chi connectivity index (χ0) is 11.4. The maximum atomic E-state index is 13.0. The van der Waals surface area contributed by atoms with Gasteiger partial charge in [0.05, 0.1) is 0 Å². The molecule has 0 amide bonds. The lowest BCUT2D eigenvalue weighted by atomic mass is 10.1. The summed E-state index contributed by atoms with van der Waals surface area (Å²) in [5.74, 6) is 0.658. The van der Waals surface area contributed by atoms with Crippen LogP contribution in [0.25, 0.3) is 0 Å². The summed E-state index contributed by atoms with van der Waals surface area (Å²) >= 11 is 0. The van der Waals surface area contributed by atoms with Crippen LogP contribution in [0.15, 0.2) is 18.2 Å². The Morgan fingerprint density at radius 3 is 3.19 bits per heavy atom. The lowest BCUT2D eigenvalue weighted by Crippen LogP contribution is -2.30. The number of nitrogens with one attached hydrogen (secondary N) is 1. The molecule has 2 nitrogen and oxygen atoms in total. The minimum atomic E-state index is -0.179. The van der Waals surface area contributed by atoms with E-state index in [9.17, 15) is 4.39 Å². The standard InChI is InChI=1S/C13H18FNO/c1-2-3-6-15-9-12-8-10-7-11(14)4-5-13(10)16-12/h4-5,7,12,15H,2-3,6,8-9H2,1H3. The van der Waals surface area contributed by atoms with Gasteiger partial charge in [0.1, 0.15) is 17.7 Å². The van der Waals surface area contributed by atoms with Crippen molar-refractivity contribution in [2.24, 2.45) is 0 Å². The number of unbranched alkanes of at least 4 members (excludes halogenated alkanes) is 1. The molecule has 2 rings (SSSR count). The summed E-state index contributed by atoms with van der Waals surface area (Å²) in [4.78, 5) is 0. The molecule has 0 saturated carbocycles. The summed E-state index contributed by atoms with van der Waals surface area (Å²) in [5, 5.41) is 3.36. The van der Waals surface area contributed by atoms with Crippen LogP contribution in [-0.4, -0.2) is 19.2 Å². The molecule has 1 aromatic carbocycles. The first-order valence-electron chi connectivity index (χ1n) is 5.95. The largest absolute Gasteiger partial charge is 0.488 e. The van der Waals surface area contributed by atoms with E-state index in [0.717, 1.165) is 30.8 Å². The molecule has 1 heterocycles. The van der Waals surface area contributed by atoms with Gasteiger partial charge in [0.15, 0.2) is 0 Å². The summed E-state index contributed by atoms with van der Waals surface area (Å²) in [7, 11) is 0. The number of benzene rings is 1. The van der Waals surface area contributed by atoms with Crippen molar-refractivity contribution in [3.63, 3.8) is 0 Å². The van der Waals surface area contributed by atoms with Gasteiger partial charge in [-0.15, -0.1) is 0 Å². The van der Waals surface area contributed by atoms with Crippen molar-refractivity contribution in [3.05, 3.63) is 29.6 Å². The summed E-state index contributed by atoms with van der Waals surface area (Å²) < 4.78 is 18.7. The van der Waals surface area contributed by atoms with E-state index in [-0.39, 0.29) is 11.9 Å². The highest BCUT2D eigenvalue weighted by molar-refractivity contribution is 5.37. The Bertz CT molecular complexity index is 354. The Labute approximate surface area is 95.8 Å². The van der Waals surface area contributed by atoms with Gasteiger partial charge in [0.2, 0.25) is 0 Å². The van der Waals surface area contributed by atoms with Crippen LogP contribution in [0.4, 0.5) is 4.39 Å². The second-order valence-corrected chi connectivity index (χ2v) is 4.25. The molecule has 1 unspecified atom stereocenters. The molecular weight excluding hydrogens is 205 g/mol. The van der Waals surface area contributed by atoms with Gasteiger partial charge in [-0.05, 0) is 31.2 Å². The molecular formula is C13H18FNO. The molecule has 1 aliphatic rings. The second-order valence-electron chi connectivity index (χ2n) is 4.25. The minimum Gasteiger partial charge on any atom is -0.488 e. The third-order valence-electron chi connectivity index (χ3n) is 2.84. The molecule has 3 heteroatoms. The van der Waals surface area contributed by atoms with Crippen LogP contribution in [-0.2, 0) is 6.42 Å². The van der Waals surface area contributed by atoms with Gasteiger partial charge in [-0.3, -0.25) is 0 Å². The number of hydrogen-bond donors (Lipinski definition) is 1. The Hall–Kier alpha value is -1.09. The van der Waals surface area contributed by atoms with Crippen molar-refractivity contribution in [2.45, 2.75) is 32.3 Å². The van der Waals surface area contributed by atoms with E-state index in [2.05, 4.69) is 12.2 Å². The van der Waals surface area contributed by atoms with Gasteiger partial charge in [0.25, 0.3) is 0 Å². The van der Waals surface area contributed by atoms with Crippen LogP contribution in [0.2, 0.25) is 0 Å². The van der Waals surface area contributed by atoms with E-state index in [1.807, 2.05) is 0 Å². The first-order chi connectivity index (χ1) is 7.79. The van der Waals surface area contributed by atoms with Crippen molar-refractivity contribution in [1.82, 2.24) is 5.32 Å².